The number of anilines is 1. The van der Waals surface area contributed by atoms with Gasteiger partial charge in [-0.3, -0.25) is 4.79 Å². The molecule has 134 valence electrons. The molecule has 1 aromatic carbocycles. The minimum absolute atomic E-state index is 0.0643. The van der Waals surface area contributed by atoms with Crippen molar-refractivity contribution in [3.05, 3.63) is 62.8 Å². The van der Waals surface area contributed by atoms with E-state index in [0.717, 1.165) is 5.69 Å². The average molecular weight is 379 g/mol. The van der Waals surface area contributed by atoms with Crippen molar-refractivity contribution in [3.63, 3.8) is 0 Å². The summed E-state index contributed by atoms with van der Waals surface area (Å²) < 4.78 is 27.5. The second kappa shape index (κ2) is 6.49. The molecule has 1 aliphatic heterocycles. The van der Waals surface area contributed by atoms with Crippen LogP contribution in [0.5, 0.6) is 0 Å². The van der Waals surface area contributed by atoms with E-state index in [-0.39, 0.29) is 10.6 Å². The molecule has 10 heteroatoms. The van der Waals surface area contributed by atoms with Crippen molar-refractivity contribution in [2.75, 3.05) is 11.4 Å². The molecule has 0 spiro atoms. The number of halogens is 3. The van der Waals surface area contributed by atoms with Crippen molar-refractivity contribution in [2.45, 2.75) is 19.4 Å². The van der Waals surface area contributed by atoms with Gasteiger partial charge >= 0.3 is 0 Å². The lowest BCUT2D eigenvalue weighted by atomic mass is 10.1. The molecule has 7 nitrogen and oxygen atoms in total. The highest BCUT2D eigenvalue weighted by atomic mass is 35.5. The molecule has 0 saturated heterocycles. The van der Waals surface area contributed by atoms with Gasteiger partial charge in [0.2, 0.25) is 0 Å². The minimum atomic E-state index is -2.55. The van der Waals surface area contributed by atoms with Crippen molar-refractivity contribution in [1.29, 1.82) is 0 Å². The zero-order chi connectivity index (χ0) is 18.3. The van der Waals surface area contributed by atoms with Crippen LogP contribution < -0.4 is 10.5 Å². The Bertz CT molecular complexity index is 1020. The molecule has 0 aliphatic carbocycles. The number of benzene rings is 1. The lowest BCUT2D eigenvalue weighted by Crippen LogP contribution is -2.32. The molecular formula is C16H13ClF2N6O. The molecule has 0 saturated carbocycles. The fourth-order valence-electron chi connectivity index (χ4n) is 3.01. The summed E-state index contributed by atoms with van der Waals surface area (Å²) in [4.78, 5) is 13.5. The van der Waals surface area contributed by atoms with Crippen molar-refractivity contribution < 1.29 is 8.78 Å². The highest BCUT2D eigenvalue weighted by Gasteiger charge is 2.25. The fraction of sp³-hybridized carbons (Fsp3) is 0.250. The quantitative estimate of drug-likeness (QED) is 0.757. The molecular weight excluding hydrogens is 366 g/mol. The van der Waals surface area contributed by atoms with E-state index in [2.05, 4.69) is 20.5 Å². The van der Waals surface area contributed by atoms with Gasteiger partial charge in [-0.2, -0.15) is 5.10 Å². The first-order valence-corrected chi connectivity index (χ1v) is 8.22. The van der Waals surface area contributed by atoms with Crippen molar-refractivity contribution in [2.24, 2.45) is 0 Å². The van der Waals surface area contributed by atoms with Gasteiger partial charge < -0.3 is 4.90 Å². The predicted octanol–water partition coefficient (Wildman–Crippen LogP) is 2.50. The summed E-state index contributed by atoms with van der Waals surface area (Å²) in [6, 6.07) is 6.07. The molecule has 1 aliphatic rings. The number of nitrogens with zero attached hydrogens (tertiary/aromatic N) is 5. The lowest BCUT2D eigenvalue weighted by molar-refractivity contribution is 0.151. The predicted molar refractivity (Wildman–Crippen MR) is 90.9 cm³/mol. The molecule has 0 radical (unpaired) electrons. The van der Waals surface area contributed by atoms with Crippen LogP contribution in [0.2, 0.25) is 5.02 Å². The Morgan fingerprint density at radius 2 is 2.15 bits per heavy atom. The summed E-state index contributed by atoms with van der Waals surface area (Å²) in [5.41, 5.74) is 2.10. The standard InChI is InChI=1S/C16H13ClF2N6O/c17-14-13(7-20-22-16(14)26)24-5-4-12-11(8-24)21-23-25(12)10-3-1-2-9(6-10)15(18)19/h1-3,6-7,15H,4-5,8H2,(H,22,26). The van der Waals surface area contributed by atoms with Gasteiger partial charge in [0.15, 0.2) is 0 Å². The summed E-state index contributed by atoms with van der Waals surface area (Å²) >= 11 is 6.06. The Morgan fingerprint density at radius 1 is 1.31 bits per heavy atom. The monoisotopic (exact) mass is 378 g/mol. The molecule has 0 fully saturated rings. The molecule has 0 unspecified atom stereocenters. The van der Waals surface area contributed by atoms with E-state index in [1.54, 1.807) is 16.8 Å². The zero-order valence-corrected chi connectivity index (χ0v) is 14.1. The van der Waals surface area contributed by atoms with E-state index in [4.69, 9.17) is 11.6 Å². The molecule has 2 aromatic heterocycles. The SMILES string of the molecule is O=c1[nH]ncc(N2CCc3c(nnn3-c3cccc(C(F)F)c3)C2)c1Cl. The van der Waals surface area contributed by atoms with Crippen LogP contribution >= 0.6 is 11.6 Å². The molecule has 3 aromatic rings. The third-order valence-electron chi connectivity index (χ3n) is 4.29. The smallest absolute Gasteiger partial charge is 0.285 e. The van der Waals surface area contributed by atoms with Gasteiger partial charge in [-0.1, -0.05) is 28.9 Å². The number of alkyl halides is 2. The largest absolute Gasteiger partial charge is 0.362 e. The van der Waals surface area contributed by atoms with Crippen LogP contribution in [-0.2, 0) is 13.0 Å². The fourth-order valence-corrected chi connectivity index (χ4v) is 3.22. The number of nitrogens with one attached hydrogen (secondary N) is 1. The van der Waals surface area contributed by atoms with E-state index >= 15 is 0 Å². The van der Waals surface area contributed by atoms with Crippen LogP contribution in [0.15, 0.2) is 35.3 Å². The Morgan fingerprint density at radius 3 is 2.96 bits per heavy atom. The molecule has 4 rings (SSSR count). The van der Waals surface area contributed by atoms with Crippen molar-refractivity contribution in [3.8, 4) is 5.69 Å². The Kier molecular flexibility index (Phi) is 4.15. The van der Waals surface area contributed by atoms with Gasteiger partial charge in [-0.15, -0.1) is 5.10 Å². The topological polar surface area (TPSA) is 79.7 Å². The number of aromatic amines is 1. The van der Waals surface area contributed by atoms with Gasteiger partial charge in [0.25, 0.3) is 12.0 Å². The van der Waals surface area contributed by atoms with E-state index in [1.165, 1.54) is 18.3 Å². The maximum Gasteiger partial charge on any atom is 0.285 e. The van der Waals surface area contributed by atoms with Crippen LogP contribution in [0.1, 0.15) is 23.4 Å². The van der Waals surface area contributed by atoms with E-state index < -0.39 is 12.0 Å². The third kappa shape index (κ3) is 2.84. The lowest BCUT2D eigenvalue weighted by Gasteiger charge is -2.28. The highest BCUT2D eigenvalue weighted by molar-refractivity contribution is 6.32. The summed E-state index contributed by atoms with van der Waals surface area (Å²) in [6.07, 6.45) is -0.481. The van der Waals surface area contributed by atoms with Gasteiger partial charge in [0.05, 0.1) is 29.8 Å². The van der Waals surface area contributed by atoms with E-state index in [0.29, 0.717) is 36.6 Å². The van der Waals surface area contributed by atoms with Gasteiger partial charge in [-0.25, -0.2) is 18.6 Å². The minimum Gasteiger partial charge on any atom is -0.362 e. The highest BCUT2D eigenvalue weighted by Crippen LogP contribution is 2.28. The molecule has 0 atom stereocenters. The zero-order valence-electron chi connectivity index (χ0n) is 13.4. The van der Waals surface area contributed by atoms with Gasteiger partial charge in [0.1, 0.15) is 10.7 Å². The van der Waals surface area contributed by atoms with Crippen molar-refractivity contribution in [1.82, 2.24) is 25.2 Å². The van der Waals surface area contributed by atoms with Crippen LogP contribution in [0.3, 0.4) is 0 Å². The molecule has 0 amide bonds. The first kappa shape index (κ1) is 16.6. The van der Waals surface area contributed by atoms with Gasteiger partial charge in [-0.05, 0) is 12.1 Å². The second-order valence-electron chi connectivity index (χ2n) is 5.86. The first-order valence-electron chi connectivity index (χ1n) is 7.84. The average Bonchev–Trinajstić information content (AvgIpc) is 3.07. The van der Waals surface area contributed by atoms with E-state index in [9.17, 15) is 13.6 Å². The number of hydrogen-bond acceptors (Lipinski definition) is 5. The van der Waals surface area contributed by atoms with Crippen LogP contribution in [-0.4, -0.2) is 31.7 Å². The summed E-state index contributed by atoms with van der Waals surface area (Å²) in [7, 11) is 0. The maximum atomic E-state index is 12.9. The molecule has 1 N–H and O–H groups in total. The van der Waals surface area contributed by atoms with Crippen LogP contribution in [0, 0.1) is 0 Å². The number of H-pyrrole nitrogens is 1. The summed E-state index contributed by atoms with van der Waals surface area (Å²) in [5.74, 6) is 0. The molecule has 26 heavy (non-hydrogen) atoms. The second-order valence-corrected chi connectivity index (χ2v) is 6.24. The number of hydrogen-bond donors (Lipinski definition) is 1. The Hall–Kier alpha value is -2.81. The number of rotatable bonds is 3. The summed E-state index contributed by atoms with van der Waals surface area (Å²) in [5, 5.41) is 14.4. The van der Waals surface area contributed by atoms with Crippen molar-refractivity contribution >= 4 is 17.3 Å². The molecule has 3 heterocycles. The Balaban J connectivity index is 1.66. The van der Waals surface area contributed by atoms with Gasteiger partial charge in [0, 0.05) is 18.5 Å². The Labute approximate surface area is 151 Å². The molecule has 0 bridgehead atoms. The summed E-state index contributed by atoms with van der Waals surface area (Å²) in [6.45, 7) is 0.967. The normalized spacial score (nSPS) is 13.9. The number of aromatic nitrogens is 5. The number of fused-ring (bicyclic) bond motifs is 1. The first-order chi connectivity index (χ1) is 12.5. The third-order valence-corrected chi connectivity index (χ3v) is 4.65. The van der Waals surface area contributed by atoms with Crippen LogP contribution in [0.25, 0.3) is 5.69 Å². The van der Waals surface area contributed by atoms with Crippen LogP contribution in [0.4, 0.5) is 14.5 Å². The van der Waals surface area contributed by atoms with E-state index in [1.807, 2.05) is 4.90 Å². The maximum absolute atomic E-state index is 12.9.